The van der Waals surface area contributed by atoms with Crippen LogP contribution in [0, 0.1) is 27.2 Å². The number of hydrogen-bond acceptors (Lipinski definition) is 5. The van der Waals surface area contributed by atoms with Crippen LogP contribution in [0.2, 0.25) is 0 Å². The third-order valence-electron chi connectivity index (χ3n) is 3.26. The highest BCUT2D eigenvalue weighted by Crippen LogP contribution is 2.31. The molecule has 118 valence electrons. The number of phenolic OH excluding ortho intramolecular Hbond substituents is 1. The summed E-state index contributed by atoms with van der Waals surface area (Å²) in [5.74, 6) is -0.339. The lowest BCUT2D eigenvalue weighted by Gasteiger charge is -2.04. The van der Waals surface area contributed by atoms with Crippen molar-refractivity contribution in [1.82, 2.24) is 0 Å². The molecule has 0 atom stereocenters. The van der Waals surface area contributed by atoms with E-state index in [0.29, 0.717) is 17.5 Å². The number of rotatable bonds is 5. The van der Waals surface area contributed by atoms with E-state index < -0.39 is 9.85 Å². The van der Waals surface area contributed by atoms with Crippen molar-refractivity contribution in [1.29, 1.82) is 0 Å². The van der Waals surface area contributed by atoms with Gasteiger partial charge in [-0.05, 0) is 36.6 Å². The molecule has 0 amide bonds. The highest BCUT2D eigenvalue weighted by Gasteiger charge is 2.17. The number of nitro groups is 2. The van der Waals surface area contributed by atoms with E-state index in [1.807, 2.05) is 0 Å². The monoisotopic (exact) mass is 314 g/mol. The van der Waals surface area contributed by atoms with Crippen molar-refractivity contribution in [2.45, 2.75) is 13.3 Å². The van der Waals surface area contributed by atoms with Gasteiger partial charge in [0, 0.05) is 23.8 Å². The van der Waals surface area contributed by atoms with Crippen molar-refractivity contribution in [3.05, 3.63) is 79.4 Å². The number of nitrogens with zero attached hydrogens (tertiary/aromatic N) is 2. The molecular formula is C16H14N2O5. The number of nitro benzene ring substituents is 2. The van der Waals surface area contributed by atoms with Gasteiger partial charge in [-0.2, -0.15) is 0 Å². The van der Waals surface area contributed by atoms with Crippen LogP contribution in [0.3, 0.4) is 0 Å². The lowest BCUT2D eigenvalue weighted by molar-refractivity contribution is -0.386. The van der Waals surface area contributed by atoms with Crippen LogP contribution in [0.5, 0.6) is 5.75 Å². The third kappa shape index (κ3) is 3.91. The van der Waals surface area contributed by atoms with Gasteiger partial charge in [-0.3, -0.25) is 20.2 Å². The average molecular weight is 314 g/mol. The van der Waals surface area contributed by atoms with Crippen LogP contribution in [0.15, 0.2) is 42.5 Å². The van der Waals surface area contributed by atoms with E-state index in [1.165, 1.54) is 18.2 Å². The molecule has 23 heavy (non-hydrogen) atoms. The van der Waals surface area contributed by atoms with Gasteiger partial charge in [0.2, 0.25) is 0 Å². The second kappa shape index (κ2) is 6.69. The number of benzene rings is 2. The molecule has 0 aliphatic carbocycles. The van der Waals surface area contributed by atoms with Crippen LogP contribution >= 0.6 is 0 Å². The highest BCUT2D eigenvalue weighted by molar-refractivity contribution is 5.56. The van der Waals surface area contributed by atoms with Crippen LogP contribution < -0.4 is 0 Å². The summed E-state index contributed by atoms with van der Waals surface area (Å²) in [6, 6.07) is 9.01. The largest absolute Gasteiger partial charge is 0.502 e. The minimum absolute atomic E-state index is 0.00843. The van der Waals surface area contributed by atoms with Crippen molar-refractivity contribution in [3.63, 3.8) is 0 Å². The molecule has 0 saturated heterocycles. The van der Waals surface area contributed by atoms with E-state index in [1.54, 1.807) is 37.3 Å². The van der Waals surface area contributed by atoms with Crippen molar-refractivity contribution >= 4 is 17.5 Å². The summed E-state index contributed by atoms with van der Waals surface area (Å²) < 4.78 is 0. The predicted molar refractivity (Wildman–Crippen MR) is 85.3 cm³/mol. The minimum atomic E-state index is -0.619. The Balaban J connectivity index is 2.17. The topological polar surface area (TPSA) is 107 Å². The van der Waals surface area contributed by atoms with Crippen molar-refractivity contribution in [3.8, 4) is 5.75 Å². The van der Waals surface area contributed by atoms with Gasteiger partial charge >= 0.3 is 5.69 Å². The molecule has 2 aromatic rings. The summed E-state index contributed by atoms with van der Waals surface area (Å²) in [5, 5.41) is 31.4. The number of aromatic hydroxyl groups is 1. The molecule has 0 heterocycles. The fourth-order valence-electron chi connectivity index (χ4n) is 2.16. The summed E-state index contributed by atoms with van der Waals surface area (Å²) in [4.78, 5) is 20.4. The predicted octanol–water partition coefficient (Wildman–Crippen LogP) is 3.77. The van der Waals surface area contributed by atoms with Gasteiger partial charge in [0.15, 0.2) is 5.75 Å². The van der Waals surface area contributed by atoms with Gasteiger partial charge in [0.1, 0.15) is 0 Å². The van der Waals surface area contributed by atoms with E-state index in [4.69, 9.17) is 0 Å². The molecule has 0 fully saturated rings. The number of non-ortho nitro benzene ring substituents is 1. The molecule has 7 heteroatoms. The van der Waals surface area contributed by atoms with Gasteiger partial charge in [-0.1, -0.05) is 18.2 Å². The smallest absolute Gasteiger partial charge is 0.311 e. The standard InChI is InChI=1S/C16H14N2O5/c1-11-9-13(16(19)15(10-11)18(22)23)4-2-3-12-5-7-14(8-6-12)17(20)21/h2-3,5-10,19H,4H2,1H3/b3-2+. The first-order valence-corrected chi connectivity index (χ1v) is 6.76. The van der Waals surface area contributed by atoms with Gasteiger partial charge in [0.25, 0.3) is 5.69 Å². The van der Waals surface area contributed by atoms with Crippen molar-refractivity contribution in [2.75, 3.05) is 0 Å². The summed E-state index contributed by atoms with van der Waals surface area (Å²) in [7, 11) is 0. The molecule has 0 saturated carbocycles. The lowest BCUT2D eigenvalue weighted by atomic mass is 10.0. The SMILES string of the molecule is Cc1cc(C/C=C/c2ccc([N+](=O)[O-])cc2)c(O)c([N+](=O)[O-])c1. The Labute approximate surface area is 131 Å². The second-order valence-electron chi connectivity index (χ2n) is 5.00. The average Bonchev–Trinajstić information content (AvgIpc) is 2.50. The first-order chi connectivity index (χ1) is 10.9. The van der Waals surface area contributed by atoms with Gasteiger partial charge in [-0.25, -0.2) is 0 Å². The molecule has 7 nitrogen and oxygen atoms in total. The summed E-state index contributed by atoms with van der Waals surface area (Å²) in [6.45, 7) is 1.72. The third-order valence-corrected chi connectivity index (χ3v) is 3.26. The van der Waals surface area contributed by atoms with E-state index in [-0.39, 0.29) is 17.1 Å². The molecule has 0 spiro atoms. The van der Waals surface area contributed by atoms with E-state index in [2.05, 4.69) is 0 Å². The highest BCUT2D eigenvalue weighted by atomic mass is 16.6. The molecule has 0 unspecified atom stereocenters. The van der Waals surface area contributed by atoms with Crippen LogP contribution in [0.1, 0.15) is 16.7 Å². The first-order valence-electron chi connectivity index (χ1n) is 6.76. The van der Waals surface area contributed by atoms with Crippen LogP contribution in [0.25, 0.3) is 6.08 Å². The van der Waals surface area contributed by atoms with Gasteiger partial charge in [0.05, 0.1) is 9.85 Å². The zero-order valence-corrected chi connectivity index (χ0v) is 12.3. The van der Waals surface area contributed by atoms with E-state index >= 15 is 0 Å². The molecule has 1 N–H and O–H groups in total. The normalized spacial score (nSPS) is 10.8. The molecule has 0 aliphatic heterocycles. The maximum absolute atomic E-state index is 10.9. The van der Waals surface area contributed by atoms with Crippen LogP contribution in [-0.4, -0.2) is 15.0 Å². The Bertz CT molecular complexity index is 782. The molecule has 0 aromatic heterocycles. The zero-order valence-electron chi connectivity index (χ0n) is 12.3. The lowest BCUT2D eigenvalue weighted by Crippen LogP contribution is -1.93. The molecule has 0 bridgehead atoms. The molecule has 2 rings (SSSR count). The Morgan fingerprint density at radius 3 is 2.30 bits per heavy atom. The molecule has 0 radical (unpaired) electrons. The maximum Gasteiger partial charge on any atom is 0.311 e. The fraction of sp³-hybridized carbons (Fsp3) is 0.125. The van der Waals surface area contributed by atoms with Crippen LogP contribution in [-0.2, 0) is 6.42 Å². The van der Waals surface area contributed by atoms with Gasteiger partial charge in [-0.15, -0.1) is 0 Å². The van der Waals surface area contributed by atoms with Crippen molar-refractivity contribution in [2.24, 2.45) is 0 Å². The van der Waals surface area contributed by atoms with Gasteiger partial charge < -0.3 is 5.11 Å². The van der Waals surface area contributed by atoms with Crippen LogP contribution in [0.4, 0.5) is 11.4 Å². The second-order valence-corrected chi connectivity index (χ2v) is 5.00. The Kier molecular flexibility index (Phi) is 4.70. The quantitative estimate of drug-likeness (QED) is 0.667. The number of aryl methyl sites for hydroxylation is 1. The maximum atomic E-state index is 10.9. The first kappa shape index (κ1) is 16.2. The minimum Gasteiger partial charge on any atom is -0.502 e. The molecule has 2 aromatic carbocycles. The summed E-state index contributed by atoms with van der Waals surface area (Å²) >= 11 is 0. The van der Waals surface area contributed by atoms with E-state index in [0.717, 1.165) is 5.56 Å². The van der Waals surface area contributed by atoms with Crippen molar-refractivity contribution < 1.29 is 15.0 Å². The summed E-state index contributed by atoms with van der Waals surface area (Å²) in [5.41, 5.74) is 1.60. The van der Waals surface area contributed by atoms with E-state index in [9.17, 15) is 25.3 Å². The Morgan fingerprint density at radius 1 is 1.09 bits per heavy atom. The Hall–Kier alpha value is -3.22. The summed E-state index contributed by atoms with van der Waals surface area (Å²) in [6.07, 6.45) is 3.78. The fourth-order valence-corrected chi connectivity index (χ4v) is 2.16. The number of allylic oxidation sites excluding steroid dienone is 1. The number of hydrogen-bond donors (Lipinski definition) is 1. The molecular weight excluding hydrogens is 300 g/mol. The zero-order chi connectivity index (χ0) is 17.0. The number of phenols is 1. The Morgan fingerprint density at radius 2 is 1.74 bits per heavy atom. The molecule has 0 aliphatic rings.